The number of nitrogens with zero attached hydrogens (tertiary/aromatic N) is 1. The van der Waals surface area contributed by atoms with E-state index in [4.69, 9.17) is 17.2 Å². The third kappa shape index (κ3) is 4.02. The molecule has 0 radical (unpaired) electrons. The average Bonchev–Trinajstić information content (AvgIpc) is 3.23. The summed E-state index contributed by atoms with van der Waals surface area (Å²) in [6.45, 7) is 0. The van der Waals surface area contributed by atoms with Gasteiger partial charge in [-0.2, -0.15) is 0 Å². The molecule has 0 aliphatic carbocycles. The number of thiocarbonyl (C=S) groups is 1. The van der Waals surface area contributed by atoms with E-state index in [2.05, 4.69) is 32.6 Å². The first kappa shape index (κ1) is 20.8. The smallest absolute Gasteiger partial charge is 0.258 e. The van der Waals surface area contributed by atoms with Crippen molar-refractivity contribution < 1.29 is 4.79 Å². The fourth-order valence-electron chi connectivity index (χ4n) is 3.56. The van der Waals surface area contributed by atoms with Gasteiger partial charge in [0, 0.05) is 15.6 Å². The molecule has 4 aromatic carbocycles. The van der Waals surface area contributed by atoms with Crippen LogP contribution in [0.1, 0.15) is 10.4 Å². The second-order valence-corrected chi connectivity index (χ2v) is 9.37. The molecule has 7 heteroatoms. The summed E-state index contributed by atoms with van der Waals surface area (Å²) in [6, 6.07) is 27.3. The molecule has 0 atom stereocenters. The van der Waals surface area contributed by atoms with Gasteiger partial charge >= 0.3 is 0 Å². The standard InChI is InChI=1S/C25H16BrN3OS2/c26-19-11-6-8-15-16(19)9-5-10-17(15)23(30)29-25(31)28-20-12-2-1-7-18(20)24-27-21-13-3-4-14-22(21)32-24/h1-14H,(H2,28,29,30,31). The van der Waals surface area contributed by atoms with Crippen molar-refractivity contribution in [2.24, 2.45) is 0 Å². The Morgan fingerprint density at radius 3 is 2.50 bits per heavy atom. The normalized spacial score (nSPS) is 10.9. The molecule has 1 amide bonds. The van der Waals surface area contributed by atoms with E-state index < -0.39 is 0 Å². The fraction of sp³-hybridized carbons (Fsp3) is 0. The molecule has 0 fully saturated rings. The Balaban J connectivity index is 1.40. The van der Waals surface area contributed by atoms with E-state index in [9.17, 15) is 4.79 Å². The number of rotatable bonds is 3. The zero-order valence-electron chi connectivity index (χ0n) is 16.6. The molecule has 0 saturated carbocycles. The van der Waals surface area contributed by atoms with E-state index in [-0.39, 0.29) is 11.0 Å². The number of hydrogen-bond acceptors (Lipinski definition) is 4. The topological polar surface area (TPSA) is 54.0 Å². The predicted octanol–water partition coefficient (Wildman–Crippen LogP) is 7.01. The van der Waals surface area contributed by atoms with E-state index in [1.54, 1.807) is 17.4 Å². The molecule has 0 aliphatic heterocycles. The SMILES string of the molecule is O=C(NC(=S)Nc1ccccc1-c1nc2ccccc2s1)c1cccc2c(Br)cccc12. The minimum Gasteiger partial charge on any atom is -0.332 e. The summed E-state index contributed by atoms with van der Waals surface area (Å²) in [7, 11) is 0. The van der Waals surface area contributed by atoms with Crippen LogP contribution in [-0.4, -0.2) is 16.0 Å². The van der Waals surface area contributed by atoms with Crippen LogP contribution in [0.3, 0.4) is 0 Å². The molecule has 156 valence electrons. The average molecular weight is 518 g/mol. The summed E-state index contributed by atoms with van der Waals surface area (Å²) in [5.74, 6) is -0.260. The number of halogens is 1. The first-order valence-corrected chi connectivity index (χ1v) is 11.9. The maximum absolute atomic E-state index is 13.0. The number of para-hydroxylation sites is 2. The molecule has 0 unspecified atom stereocenters. The van der Waals surface area contributed by atoms with Crippen molar-refractivity contribution in [2.45, 2.75) is 0 Å². The summed E-state index contributed by atoms with van der Waals surface area (Å²) in [5.41, 5.74) is 3.24. The van der Waals surface area contributed by atoms with Gasteiger partial charge in [-0.3, -0.25) is 10.1 Å². The molecule has 5 rings (SSSR count). The Morgan fingerprint density at radius 2 is 1.62 bits per heavy atom. The number of fused-ring (bicyclic) bond motifs is 2. The molecular formula is C25H16BrN3OS2. The molecule has 1 heterocycles. The van der Waals surface area contributed by atoms with Crippen LogP contribution in [-0.2, 0) is 0 Å². The van der Waals surface area contributed by atoms with Crippen molar-refractivity contribution in [1.29, 1.82) is 0 Å². The van der Waals surface area contributed by atoms with Crippen LogP contribution in [0.15, 0.2) is 89.4 Å². The molecule has 0 saturated heterocycles. The molecule has 5 aromatic rings. The van der Waals surface area contributed by atoms with Crippen LogP contribution in [0.5, 0.6) is 0 Å². The van der Waals surface area contributed by atoms with Gasteiger partial charge in [-0.1, -0.05) is 64.5 Å². The van der Waals surface area contributed by atoms with Crippen LogP contribution in [0.25, 0.3) is 31.6 Å². The third-order valence-corrected chi connectivity index (χ3v) is 7.01. The summed E-state index contributed by atoms with van der Waals surface area (Å²) in [4.78, 5) is 17.7. The molecule has 0 aliphatic rings. The van der Waals surface area contributed by atoms with E-state index >= 15 is 0 Å². The Labute approximate surface area is 202 Å². The molecule has 2 N–H and O–H groups in total. The van der Waals surface area contributed by atoms with Gasteiger partial charge in [0.1, 0.15) is 5.01 Å². The van der Waals surface area contributed by atoms with Crippen molar-refractivity contribution >= 4 is 77.2 Å². The molecule has 1 aromatic heterocycles. The number of benzene rings is 4. The lowest BCUT2D eigenvalue weighted by molar-refractivity contribution is 0.0979. The number of hydrogen-bond donors (Lipinski definition) is 2. The molecular weight excluding hydrogens is 502 g/mol. The van der Waals surface area contributed by atoms with Crippen molar-refractivity contribution in [3.05, 3.63) is 95.0 Å². The monoisotopic (exact) mass is 517 g/mol. The lowest BCUT2D eigenvalue weighted by atomic mass is 10.0. The van der Waals surface area contributed by atoms with Gasteiger partial charge in [-0.25, -0.2) is 4.98 Å². The number of amides is 1. The highest BCUT2D eigenvalue weighted by Crippen LogP contribution is 2.34. The Bertz CT molecular complexity index is 1460. The summed E-state index contributed by atoms with van der Waals surface area (Å²) in [6.07, 6.45) is 0. The van der Waals surface area contributed by atoms with Gasteiger partial charge < -0.3 is 5.32 Å². The van der Waals surface area contributed by atoms with E-state index in [0.717, 1.165) is 41.7 Å². The maximum atomic E-state index is 13.0. The van der Waals surface area contributed by atoms with Crippen LogP contribution in [0, 0.1) is 0 Å². The lowest BCUT2D eigenvalue weighted by Gasteiger charge is -2.13. The fourth-order valence-corrected chi connectivity index (χ4v) is 5.27. The summed E-state index contributed by atoms with van der Waals surface area (Å²) >= 11 is 10.6. The van der Waals surface area contributed by atoms with Crippen molar-refractivity contribution in [3.8, 4) is 10.6 Å². The Kier molecular flexibility index (Phi) is 5.70. The van der Waals surface area contributed by atoms with Gasteiger partial charge in [0.25, 0.3) is 5.91 Å². The van der Waals surface area contributed by atoms with E-state index in [1.165, 1.54) is 0 Å². The van der Waals surface area contributed by atoms with Gasteiger partial charge in [-0.15, -0.1) is 11.3 Å². The number of nitrogens with one attached hydrogen (secondary N) is 2. The summed E-state index contributed by atoms with van der Waals surface area (Å²) < 4.78 is 2.06. The van der Waals surface area contributed by atoms with Gasteiger partial charge in [0.15, 0.2) is 5.11 Å². The van der Waals surface area contributed by atoms with Crippen LogP contribution < -0.4 is 10.6 Å². The van der Waals surface area contributed by atoms with Crippen molar-refractivity contribution in [3.63, 3.8) is 0 Å². The number of carbonyl (C=O) groups is 1. The predicted molar refractivity (Wildman–Crippen MR) is 140 cm³/mol. The zero-order valence-corrected chi connectivity index (χ0v) is 19.9. The molecule has 4 nitrogen and oxygen atoms in total. The Morgan fingerprint density at radius 1 is 0.875 bits per heavy atom. The second kappa shape index (κ2) is 8.78. The highest BCUT2D eigenvalue weighted by molar-refractivity contribution is 9.10. The minimum atomic E-state index is -0.260. The number of anilines is 1. The van der Waals surface area contributed by atoms with Crippen LogP contribution in [0.2, 0.25) is 0 Å². The zero-order chi connectivity index (χ0) is 22.1. The van der Waals surface area contributed by atoms with Crippen LogP contribution in [0.4, 0.5) is 5.69 Å². The highest BCUT2D eigenvalue weighted by Gasteiger charge is 2.15. The number of thiazole rings is 1. The number of carbonyl (C=O) groups excluding carboxylic acids is 1. The highest BCUT2D eigenvalue weighted by atomic mass is 79.9. The largest absolute Gasteiger partial charge is 0.332 e. The van der Waals surface area contributed by atoms with Gasteiger partial charge in [-0.05, 0) is 59.4 Å². The quantitative estimate of drug-likeness (QED) is 0.253. The van der Waals surface area contributed by atoms with Gasteiger partial charge in [0.2, 0.25) is 0 Å². The lowest BCUT2D eigenvalue weighted by Crippen LogP contribution is -2.34. The maximum Gasteiger partial charge on any atom is 0.258 e. The first-order chi connectivity index (χ1) is 15.6. The van der Waals surface area contributed by atoms with Crippen molar-refractivity contribution in [1.82, 2.24) is 10.3 Å². The number of aromatic nitrogens is 1. The Hall–Kier alpha value is -3.13. The summed E-state index contributed by atoms with van der Waals surface area (Å²) in [5, 5.41) is 8.93. The van der Waals surface area contributed by atoms with Gasteiger partial charge in [0.05, 0.1) is 15.9 Å². The second-order valence-electron chi connectivity index (χ2n) is 7.08. The third-order valence-electron chi connectivity index (χ3n) is 5.04. The van der Waals surface area contributed by atoms with E-state index in [1.807, 2.05) is 72.8 Å². The first-order valence-electron chi connectivity index (χ1n) is 9.85. The molecule has 0 spiro atoms. The van der Waals surface area contributed by atoms with Crippen LogP contribution >= 0.6 is 39.5 Å². The van der Waals surface area contributed by atoms with Crippen molar-refractivity contribution in [2.75, 3.05) is 5.32 Å². The molecule has 32 heavy (non-hydrogen) atoms. The minimum absolute atomic E-state index is 0.232. The van der Waals surface area contributed by atoms with E-state index in [0.29, 0.717) is 5.56 Å². The molecule has 0 bridgehead atoms.